The number of nitrogen functional groups attached to an aromatic ring is 1. The molecule has 0 radical (unpaired) electrons. The van der Waals surface area contributed by atoms with Crippen molar-refractivity contribution in [3.63, 3.8) is 0 Å². The van der Waals surface area contributed by atoms with Gasteiger partial charge in [0.05, 0.1) is 11.3 Å². The van der Waals surface area contributed by atoms with Crippen LogP contribution in [0.5, 0.6) is 0 Å². The van der Waals surface area contributed by atoms with Crippen molar-refractivity contribution in [2.75, 3.05) is 12.0 Å². The molecule has 3 aromatic rings. The molecule has 2 N–H and O–H groups in total. The second-order valence-electron chi connectivity index (χ2n) is 5.41. The zero-order valence-corrected chi connectivity index (χ0v) is 14.9. The zero-order chi connectivity index (χ0) is 18.5. The number of rotatable bonds is 4. The van der Waals surface area contributed by atoms with Gasteiger partial charge in [0.25, 0.3) is 0 Å². The van der Waals surface area contributed by atoms with Gasteiger partial charge in [-0.3, -0.25) is 0 Å². The molecule has 6 heteroatoms. The lowest BCUT2D eigenvalue weighted by atomic mass is 10.1. The highest BCUT2D eigenvalue weighted by Gasteiger charge is 2.19. The smallest absolute Gasteiger partial charge is 0.145 e. The van der Waals surface area contributed by atoms with Crippen molar-refractivity contribution in [3.8, 4) is 17.8 Å². The number of hydrogen-bond acceptors (Lipinski definition) is 5. The van der Waals surface area contributed by atoms with Gasteiger partial charge in [0.2, 0.25) is 0 Å². The highest BCUT2D eigenvalue weighted by atomic mass is 32.2. The number of anilines is 1. The number of para-hydroxylation sites is 1. The molecule has 0 atom stereocenters. The van der Waals surface area contributed by atoms with Crippen LogP contribution in [0.4, 0.5) is 5.82 Å². The van der Waals surface area contributed by atoms with Crippen LogP contribution in [0.25, 0.3) is 17.3 Å². The van der Waals surface area contributed by atoms with Crippen LogP contribution in [-0.2, 0) is 0 Å². The lowest BCUT2D eigenvalue weighted by Crippen LogP contribution is -2.02. The molecule has 26 heavy (non-hydrogen) atoms. The SMILES string of the molecule is CSc1ccc(C=C(C#N)c2nn(-c3ccccc3)c(N)c2C#N)cc1. The summed E-state index contributed by atoms with van der Waals surface area (Å²) in [6.45, 7) is 0. The predicted octanol–water partition coefficient (Wildman–Crippen LogP) is 4.11. The van der Waals surface area contributed by atoms with Gasteiger partial charge in [-0.25, -0.2) is 4.68 Å². The summed E-state index contributed by atoms with van der Waals surface area (Å²) in [6.07, 6.45) is 3.71. The third-order valence-corrected chi connectivity index (χ3v) is 4.58. The van der Waals surface area contributed by atoms with Crippen LogP contribution in [-0.4, -0.2) is 16.0 Å². The molecule has 0 amide bonds. The van der Waals surface area contributed by atoms with E-state index in [0.29, 0.717) is 5.57 Å². The molecule has 126 valence electrons. The van der Waals surface area contributed by atoms with Crippen molar-refractivity contribution in [1.29, 1.82) is 10.5 Å². The Morgan fingerprint density at radius 3 is 2.38 bits per heavy atom. The number of allylic oxidation sites excluding steroid dienone is 1. The maximum absolute atomic E-state index is 9.61. The van der Waals surface area contributed by atoms with E-state index in [1.165, 1.54) is 4.68 Å². The first-order valence-corrected chi connectivity index (χ1v) is 9.00. The minimum Gasteiger partial charge on any atom is -0.382 e. The Labute approximate surface area is 156 Å². The molecule has 0 aliphatic carbocycles. The van der Waals surface area contributed by atoms with Gasteiger partial charge in [0.15, 0.2) is 0 Å². The van der Waals surface area contributed by atoms with E-state index in [2.05, 4.69) is 17.2 Å². The number of aromatic nitrogens is 2. The number of nitriles is 2. The van der Waals surface area contributed by atoms with Gasteiger partial charge in [0, 0.05) is 4.90 Å². The molecular formula is C20H15N5S. The number of hydrogen-bond donors (Lipinski definition) is 1. The average Bonchev–Trinajstić information content (AvgIpc) is 3.03. The van der Waals surface area contributed by atoms with Crippen molar-refractivity contribution in [2.45, 2.75) is 4.90 Å². The second kappa shape index (κ2) is 7.60. The van der Waals surface area contributed by atoms with Crippen LogP contribution < -0.4 is 5.73 Å². The zero-order valence-electron chi connectivity index (χ0n) is 14.0. The molecule has 0 fully saturated rings. The molecule has 0 saturated heterocycles. The first-order chi connectivity index (χ1) is 12.7. The molecule has 0 aliphatic rings. The second-order valence-corrected chi connectivity index (χ2v) is 6.29. The highest BCUT2D eigenvalue weighted by Crippen LogP contribution is 2.27. The van der Waals surface area contributed by atoms with E-state index in [9.17, 15) is 10.5 Å². The lowest BCUT2D eigenvalue weighted by molar-refractivity contribution is 0.885. The Hall–Kier alpha value is -3.48. The maximum Gasteiger partial charge on any atom is 0.145 e. The van der Waals surface area contributed by atoms with Gasteiger partial charge >= 0.3 is 0 Å². The van der Waals surface area contributed by atoms with Gasteiger partial charge in [-0.2, -0.15) is 15.6 Å². The third-order valence-electron chi connectivity index (χ3n) is 3.84. The summed E-state index contributed by atoms with van der Waals surface area (Å²) in [4.78, 5) is 1.14. The molecule has 0 unspecified atom stereocenters. The van der Waals surface area contributed by atoms with Crippen molar-refractivity contribution >= 4 is 29.2 Å². The first kappa shape index (κ1) is 17.3. The van der Waals surface area contributed by atoms with Crippen LogP contribution in [0, 0.1) is 22.7 Å². The summed E-state index contributed by atoms with van der Waals surface area (Å²) in [7, 11) is 0. The average molecular weight is 357 g/mol. The summed E-state index contributed by atoms with van der Waals surface area (Å²) in [5, 5.41) is 23.6. The molecule has 3 rings (SSSR count). The first-order valence-electron chi connectivity index (χ1n) is 7.78. The van der Waals surface area contributed by atoms with E-state index in [-0.39, 0.29) is 17.1 Å². The van der Waals surface area contributed by atoms with Crippen molar-refractivity contribution < 1.29 is 0 Å². The highest BCUT2D eigenvalue weighted by molar-refractivity contribution is 7.98. The Bertz CT molecular complexity index is 1030. The van der Waals surface area contributed by atoms with Gasteiger partial charge in [-0.1, -0.05) is 30.3 Å². The molecule has 0 saturated carbocycles. The fourth-order valence-electron chi connectivity index (χ4n) is 2.52. The number of benzene rings is 2. The molecular weight excluding hydrogens is 342 g/mol. The van der Waals surface area contributed by atoms with E-state index >= 15 is 0 Å². The van der Waals surface area contributed by atoms with Crippen LogP contribution in [0.3, 0.4) is 0 Å². The van der Waals surface area contributed by atoms with E-state index in [4.69, 9.17) is 5.73 Å². The van der Waals surface area contributed by atoms with Crippen LogP contribution in [0.1, 0.15) is 16.8 Å². The number of nitrogens with zero attached hydrogens (tertiary/aromatic N) is 4. The fraction of sp³-hybridized carbons (Fsp3) is 0.0500. The van der Waals surface area contributed by atoms with Gasteiger partial charge in [0.1, 0.15) is 29.2 Å². The lowest BCUT2D eigenvalue weighted by Gasteiger charge is -2.02. The largest absolute Gasteiger partial charge is 0.382 e. The van der Waals surface area contributed by atoms with E-state index in [1.54, 1.807) is 17.8 Å². The van der Waals surface area contributed by atoms with E-state index in [1.807, 2.05) is 60.9 Å². The quantitative estimate of drug-likeness (QED) is 0.560. The van der Waals surface area contributed by atoms with Crippen LogP contribution >= 0.6 is 11.8 Å². The predicted molar refractivity (Wildman–Crippen MR) is 104 cm³/mol. The maximum atomic E-state index is 9.61. The Kier molecular flexibility index (Phi) is 5.07. The summed E-state index contributed by atoms with van der Waals surface area (Å²) >= 11 is 1.65. The topological polar surface area (TPSA) is 91.4 Å². The van der Waals surface area contributed by atoms with Crippen LogP contribution in [0.2, 0.25) is 0 Å². The summed E-state index contributed by atoms with van der Waals surface area (Å²) < 4.78 is 1.48. The van der Waals surface area contributed by atoms with Crippen molar-refractivity contribution in [2.24, 2.45) is 0 Å². The minimum atomic E-state index is 0.197. The standard InChI is InChI=1S/C20H15N5S/c1-26-17-9-7-14(8-10-17)11-15(12-21)19-18(13-22)20(23)25(24-19)16-5-3-2-4-6-16/h2-11H,23H2,1H3. The van der Waals surface area contributed by atoms with Crippen molar-refractivity contribution in [3.05, 3.63) is 71.4 Å². The molecule has 1 aromatic heterocycles. The molecule has 1 heterocycles. The van der Waals surface area contributed by atoms with Gasteiger partial charge in [-0.15, -0.1) is 11.8 Å². The normalized spacial score (nSPS) is 11.0. The van der Waals surface area contributed by atoms with Gasteiger partial charge in [-0.05, 0) is 42.2 Å². The Morgan fingerprint density at radius 2 is 1.81 bits per heavy atom. The summed E-state index contributed by atoms with van der Waals surface area (Å²) in [6, 6.07) is 21.3. The van der Waals surface area contributed by atoms with Crippen LogP contribution in [0.15, 0.2) is 59.5 Å². The van der Waals surface area contributed by atoms with Gasteiger partial charge < -0.3 is 5.73 Å². The minimum absolute atomic E-state index is 0.197. The number of thioether (sulfide) groups is 1. The van der Waals surface area contributed by atoms with Crippen molar-refractivity contribution in [1.82, 2.24) is 9.78 Å². The summed E-state index contributed by atoms with van der Waals surface area (Å²) in [5.41, 5.74) is 8.47. The fourth-order valence-corrected chi connectivity index (χ4v) is 2.92. The van der Waals surface area contributed by atoms with E-state index in [0.717, 1.165) is 16.1 Å². The Balaban J connectivity index is 2.10. The molecule has 2 aromatic carbocycles. The molecule has 5 nitrogen and oxygen atoms in total. The Morgan fingerprint density at radius 1 is 1.12 bits per heavy atom. The number of nitrogens with two attached hydrogens (primary N) is 1. The monoisotopic (exact) mass is 357 g/mol. The van der Waals surface area contributed by atoms with E-state index < -0.39 is 0 Å². The third kappa shape index (κ3) is 3.32. The molecule has 0 bridgehead atoms. The molecule has 0 aliphatic heterocycles. The summed E-state index contributed by atoms with van der Waals surface area (Å²) in [5.74, 6) is 0.215. The molecule has 0 spiro atoms.